The SMILES string of the molecule is CC(=O)Cc1ccc(OCO)c(C)c1. The lowest BCUT2D eigenvalue weighted by Crippen LogP contribution is -1.99. The Morgan fingerprint density at radius 2 is 2.21 bits per heavy atom. The van der Waals surface area contributed by atoms with Crippen LogP contribution in [0.4, 0.5) is 0 Å². The molecule has 0 saturated heterocycles. The van der Waals surface area contributed by atoms with E-state index in [-0.39, 0.29) is 12.6 Å². The van der Waals surface area contributed by atoms with Crippen molar-refractivity contribution in [2.24, 2.45) is 0 Å². The third-order valence-corrected chi connectivity index (χ3v) is 1.91. The molecule has 3 nitrogen and oxygen atoms in total. The summed E-state index contributed by atoms with van der Waals surface area (Å²) in [6.45, 7) is 3.12. The molecule has 0 heterocycles. The minimum Gasteiger partial charge on any atom is -0.467 e. The molecule has 0 spiro atoms. The zero-order valence-electron chi connectivity index (χ0n) is 8.41. The average Bonchev–Trinajstić information content (AvgIpc) is 2.09. The molecule has 1 N–H and O–H groups in total. The van der Waals surface area contributed by atoms with Gasteiger partial charge in [-0.3, -0.25) is 4.79 Å². The fourth-order valence-electron chi connectivity index (χ4n) is 1.34. The normalized spacial score (nSPS) is 9.93. The second-order valence-electron chi connectivity index (χ2n) is 3.25. The Bertz CT molecular complexity index is 331. The minimum atomic E-state index is -0.326. The van der Waals surface area contributed by atoms with Crippen LogP contribution in [0.5, 0.6) is 5.75 Å². The van der Waals surface area contributed by atoms with Crippen LogP contribution >= 0.6 is 0 Å². The molecule has 1 aromatic carbocycles. The summed E-state index contributed by atoms with van der Waals surface area (Å²) in [5, 5.41) is 8.58. The molecule has 1 aromatic rings. The van der Waals surface area contributed by atoms with Crippen LogP contribution in [0, 0.1) is 6.92 Å². The van der Waals surface area contributed by atoms with Gasteiger partial charge >= 0.3 is 0 Å². The summed E-state index contributed by atoms with van der Waals surface area (Å²) in [5.74, 6) is 0.792. The molecule has 0 aromatic heterocycles. The van der Waals surface area contributed by atoms with Gasteiger partial charge in [-0.05, 0) is 31.0 Å². The zero-order chi connectivity index (χ0) is 10.6. The molecule has 0 aliphatic rings. The number of ketones is 1. The van der Waals surface area contributed by atoms with Crippen molar-refractivity contribution in [3.8, 4) is 5.75 Å². The van der Waals surface area contributed by atoms with Crippen molar-refractivity contribution >= 4 is 5.78 Å². The number of carbonyl (C=O) groups is 1. The first-order valence-electron chi connectivity index (χ1n) is 4.46. The van der Waals surface area contributed by atoms with E-state index < -0.39 is 0 Å². The fourth-order valence-corrected chi connectivity index (χ4v) is 1.34. The molecule has 0 saturated carbocycles. The lowest BCUT2D eigenvalue weighted by Gasteiger charge is -2.07. The van der Waals surface area contributed by atoms with Crippen molar-refractivity contribution in [1.82, 2.24) is 0 Å². The molecule has 0 fully saturated rings. The molecule has 14 heavy (non-hydrogen) atoms. The number of aliphatic hydroxyl groups excluding tert-OH is 1. The molecular weight excluding hydrogens is 180 g/mol. The molecule has 0 bridgehead atoms. The summed E-state index contributed by atoms with van der Waals surface area (Å²) < 4.78 is 4.97. The lowest BCUT2D eigenvalue weighted by molar-refractivity contribution is -0.116. The highest BCUT2D eigenvalue weighted by Crippen LogP contribution is 2.19. The van der Waals surface area contributed by atoms with E-state index in [1.807, 2.05) is 19.1 Å². The Balaban J connectivity index is 2.83. The topological polar surface area (TPSA) is 46.5 Å². The number of aliphatic hydroxyl groups is 1. The van der Waals surface area contributed by atoms with E-state index >= 15 is 0 Å². The lowest BCUT2D eigenvalue weighted by atomic mass is 10.1. The van der Waals surface area contributed by atoms with Gasteiger partial charge in [0.15, 0.2) is 6.79 Å². The molecular formula is C11H14O3. The monoisotopic (exact) mass is 194 g/mol. The largest absolute Gasteiger partial charge is 0.467 e. The van der Waals surface area contributed by atoms with Crippen LogP contribution < -0.4 is 4.74 Å². The Hall–Kier alpha value is -1.35. The number of benzene rings is 1. The molecule has 1 rings (SSSR count). The maximum absolute atomic E-state index is 10.9. The summed E-state index contributed by atoms with van der Waals surface area (Å²) in [4.78, 5) is 10.9. The van der Waals surface area contributed by atoms with Crippen molar-refractivity contribution in [2.75, 3.05) is 6.79 Å². The third-order valence-electron chi connectivity index (χ3n) is 1.91. The van der Waals surface area contributed by atoms with Crippen molar-refractivity contribution in [1.29, 1.82) is 0 Å². The second kappa shape index (κ2) is 4.77. The zero-order valence-corrected chi connectivity index (χ0v) is 8.41. The quantitative estimate of drug-likeness (QED) is 0.738. The van der Waals surface area contributed by atoms with Crippen molar-refractivity contribution in [2.45, 2.75) is 20.3 Å². The van der Waals surface area contributed by atoms with Gasteiger partial charge < -0.3 is 9.84 Å². The first kappa shape index (κ1) is 10.7. The standard InChI is InChI=1S/C11H14O3/c1-8-5-10(6-9(2)13)3-4-11(8)14-7-12/h3-5,12H,6-7H2,1-2H3. The maximum atomic E-state index is 10.9. The van der Waals surface area contributed by atoms with Gasteiger partial charge in [0.25, 0.3) is 0 Å². The fraction of sp³-hybridized carbons (Fsp3) is 0.364. The van der Waals surface area contributed by atoms with Gasteiger partial charge in [0, 0.05) is 6.42 Å². The van der Waals surface area contributed by atoms with E-state index in [0.29, 0.717) is 12.2 Å². The summed E-state index contributed by atoms with van der Waals surface area (Å²) in [7, 11) is 0. The highest BCUT2D eigenvalue weighted by Gasteiger charge is 2.02. The van der Waals surface area contributed by atoms with E-state index in [1.165, 1.54) is 0 Å². The Labute approximate surface area is 83.3 Å². The molecule has 0 aliphatic carbocycles. The van der Waals surface area contributed by atoms with Crippen LogP contribution in [0.25, 0.3) is 0 Å². The van der Waals surface area contributed by atoms with Crippen LogP contribution in [0.2, 0.25) is 0 Å². The van der Waals surface area contributed by atoms with E-state index in [2.05, 4.69) is 0 Å². The molecule has 0 atom stereocenters. The minimum absolute atomic E-state index is 0.139. The molecule has 0 aliphatic heterocycles. The first-order valence-corrected chi connectivity index (χ1v) is 4.46. The summed E-state index contributed by atoms with van der Waals surface area (Å²) in [5.41, 5.74) is 1.90. The molecule has 3 heteroatoms. The predicted molar refractivity (Wildman–Crippen MR) is 53.3 cm³/mol. The summed E-state index contributed by atoms with van der Waals surface area (Å²) in [6, 6.07) is 5.50. The van der Waals surface area contributed by atoms with Gasteiger partial charge in [-0.2, -0.15) is 0 Å². The molecule has 76 valence electrons. The van der Waals surface area contributed by atoms with Crippen LogP contribution in [-0.2, 0) is 11.2 Å². The van der Waals surface area contributed by atoms with Crippen molar-refractivity contribution in [3.63, 3.8) is 0 Å². The van der Waals surface area contributed by atoms with Gasteiger partial charge in [0.2, 0.25) is 0 Å². The highest BCUT2D eigenvalue weighted by atomic mass is 16.6. The number of rotatable bonds is 4. The van der Waals surface area contributed by atoms with Crippen LogP contribution in [-0.4, -0.2) is 17.7 Å². The first-order chi connectivity index (χ1) is 6.63. The number of hydrogen-bond donors (Lipinski definition) is 1. The number of aryl methyl sites for hydroxylation is 1. The molecule has 0 unspecified atom stereocenters. The number of ether oxygens (including phenoxy) is 1. The second-order valence-corrected chi connectivity index (χ2v) is 3.25. The van der Waals surface area contributed by atoms with E-state index in [4.69, 9.17) is 9.84 Å². The van der Waals surface area contributed by atoms with Gasteiger partial charge in [-0.1, -0.05) is 12.1 Å². The maximum Gasteiger partial charge on any atom is 0.186 e. The predicted octanol–water partition coefficient (Wildman–Crippen LogP) is 1.46. The van der Waals surface area contributed by atoms with Crippen molar-refractivity contribution < 1.29 is 14.6 Å². The number of Topliss-reactive ketones (excluding diaryl/α,β-unsaturated/α-hetero) is 1. The van der Waals surface area contributed by atoms with E-state index in [1.54, 1.807) is 13.0 Å². The summed E-state index contributed by atoms with van der Waals surface area (Å²) >= 11 is 0. The van der Waals surface area contributed by atoms with Crippen molar-refractivity contribution in [3.05, 3.63) is 29.3 Å². The Morgan fingerprint density at radius 1 is 1.50 bits per heavy atom. The van der Waals surface area contributed by atoms with Gasteiger partial charge in [-0.25, -0.2) is 0 Å². The van der Waals surface area contributed by atoms with E-state index in [9.17, 15) is 4.79 Å². The van der Waals surface area contributed by atoms with Crippen LogP contribution in [0.15, 0.2) is 18.2 Å². The van der Waals surface area contributed by atoms with Gasteiger partial charge in [-0.15, -0.1) is 0 Å². The number of hydrogen-bond acceptors (Lipinski definition) is 3. The average molecular weight is 194 g/mol. The smallest absolute Gasteiger partial charge is 0.186 e. The van der Waals surface area contributed by atoms with Crippen LogP contribution in [0.1, 0.15) is 18.1 Å². The summed E-state index contributed by atoms with van der Waals surface area (Å²) in [6.07, 6.45) is 0.445. The van der Waals surface area contributed by atoms with Gasteiger partial charge in [0.05, 0.1) is 0 Å². The van der Waals surface area contributed by atoms with Gasteiger partial charge in [0.1, 0.15) is 11.5 Å². The Morgan fingerprint density at radius 3 is 2.71 bits per heavy atom. The molecule has 0 amide bonds. The highest BCUT2D eigenvalue weighted by molar-refractivity contribution is 5.78. The Kier molecular flexibility index (Phi) is 3.65. The number of carbonyl (C=O) groups excluding carboxylic acids is 1. The van der Waals surface area contributed by atoms with Crippen LogP contribution in [0.3, 0.4) is 0 Å². The third kappa shape index (κ3) is 2.85. The molecule has 0 radical (unpaired) electrons. The van der Waals surface area contributed by atoms with E-state index in [0.717, 1.165) is 11.1 Å².